The van der Waals surface area contributed by atoms with Gasteiger partial charge in [-0.2, -0.15) is 0 Å². The summed E-state index contributed by atoms with van der Waals surface area (Å²) in [5.74, 6) is 0.714. The lowest BCUT2D eigenvalue weighted by Gasteiger charge is -2.45. The van der Waals surface area contributed by atoms with E-state index in [0.29, 0.717) is 5.92 Å². The van der Waals surface area contributed by atoms with Crippen molar-refractivity contribution in [3.8, 4) is 0 Å². The van der Waals surface area contributed by atoms with Crippen molar-refractivity contribution in [3.63, 3.8) is 0 Å². The van der Waals surface area contributed by atoms with Crippen molar-refractivity contribution in [2.45, 2.75) is 75.2 Å². The molecule has 0 saturated heterocycles. The monoisotopic (exact) mass is 314 g/mol. The second kappa shape index (κ2) is 5.46. The average Bonchev–Trinajstić information content (AvgIpc) is 2.40. The molecule has 1 heteroatoms. The number of ketones is 1. The zero-order valence-electron chi connectivity index (χ0n) is 16.6. The Bertz CT molecular complexity index is 577. The van der Waals surface area contributed by atoms with Gasteiger partial charge in [0.15, 0.2) is 5.78 Å². The Labute approximate surface area is 142 Å². The van der Waals surface area contributed by atoms with Crippen molar-refractivity contribution in [1.29, 1.82) is 0 Å². The van der Waals surface area contributed by atoms with E-state index in [2.05, 4.69) is 74.5 Å². The summed E-state index contributed by atoms with van der Waals surface area (Å²) in [7, 11) is 0. The van der Waals surface area contributed by atoms with Gasteiger partial charge >= 0.3 is 0 Å². The number of Topliss-reactive ketones (excluding diaryl/α,β-unsaturated/α-hetero) is 1. The number of carbonyl (C=O) groups is 1. The Morgan fingerprint density at radius 1 is 0.957 bits per heavy atom. The highest BCUT2D eigenvalue weighted by molar-refractivity contribution is 6.11. The molecule has 23 heavy (non-hydrogen) atoms. The summed E-state index contributed by atoms with van der Waals surface area (Å²) in [5, 5.41) is 0. The lowest BCUT2D eigenvalue weighted by molar-refractivity contribution is -0.114. The van der Waals surface area contributed by atoms with Crippen LogP contribution in [0.4, 0.5) is 0 Å². The molecule has 0 fully saturated rings. The third-order valence-electron chi connectivity index (χ3n) is 5.99. The number of rotatable bonds is 0. The minimum absolute atomic E-state index is 0.00271. The topological polar surface area (TPSA) is 17.1 Å². The number of carbonyl (C=O) groups excluding carboxylic acids is 1. The molecule has 0 aliphatic heterocycles. The van der Waals surface area contributed by atoms with Gasteiger partial charge in [-0.05, 0) is 43.4 Å². The predicted molar refractivity (Wildman–Crippen MR) is 99.3 cm³/mol. The van der Waals surface area contributed by atoms with Crippen LogP contribution < -0.4 is 0 Å². The number of hydrogen-bond acceptors (Lipinski definition) is 1. The van der Waals surface area contributed by atoms with Gasteiger partial charge < -0.3 is 0 Å². The van der Waals surface area contributed by atoms with Gasteiger partial charge in [0.05, 0.1) is 0 Å². The molecule has 0 heterocycles. The smallest absolute Gasteiger partial charge is 0.185 e. The fourth-order valence-corrected chi connectivity index (χ4v) is 3.95. The van der Waals surface area contributed by atoms with Crippen molar-refractivity contribution in [2.24, 2.45) is 22.2 Å². The van der Waals surface area contributed by atoms with Gasteiger partial charge in [-0.25, -0.2) is 0 Å². The highest BCUT2D eigenvalue weighted by Crippen LogP contribution is 2.52. The van der Waals surface area contributed by atoms with Crippen LogP contribution in [-0.4, -0.2) is 5.78 Å². The van der Waals surface area contributed by atoms with Crippen LogP contribution in [0.15, 0.2) is 34.4 Å². The zero-order chi connectivity index (χ0) is 17.8. The van der Waals surface area contributed by atoms with Crippen molar-refractivity contribution in [2.75, 3.05) is 0 Å². The third kappa shape index (κ3) is 3.12. The molecule has 128 valence electrons. The van der Waals surface area contributed by atoms with E-state index in [1.54, 1.807) is 0 Å². The summed E-state index contributed by atoms with van der Waals surface area (Å²) >= 11 is 0. The highest BCUT2D eigenvalue weighted by atomic mass is 16.1. The maximum atomic E-state index is 13.1. The SMILES string of the molecule is CC1=C(C)C(C)C2(C=C(C(C)(C)C)C(=O)C(C(C)(C)C)=C2)CC1. The van der Waals surface area contributed by atoms with Crippen LogP contribution in [0.1, 0.15) is 75.2 Å². The summed E-state index contributed by atoms with van der Waals surface area (Å²) in [6, 6.07) is 0. The predicted octanol–water partition coefficient (Wildman–Crippen LogP) is 6.27. The van der Waals surface area contributed by atoms with Crippen molar-refractivity contribution >= 4 is 5.78 Å². The van der Waals surface area contributed by atoms with Gasteiger partial charge in [-0.3, -0.25) is 4.79 Å². The van der Waals surface area contributed by atoms with Crippen LogP contribution >= 0.6 is 0 Å². The zero-order valence-corrected chi connectivity index (χ0v) is 16.6. The summed E-state index contributed by atoms with van der Waals surface area (Å²) in [4.78, 5) is 13.1. The first kappa shape index (κ1) is 18.2. The first-order valence-electron chi connectivity index (χ1n) is 8.97. The Morgan fingerprint density at radius 2 is 1.39 bits per heavy atom. The Kier molecular flexibility index (Phi) is 4.33. The Morgan fingerprint density at radius 3 is 1.78 bits per heavy atom. The van der Waals surface area contributed by atoms with Gasteiger partial charge in [-0.15, -0.1) is 0 Å². The lowest BCUT2D eigenvalue weighted by Crippen LogP contribution is -2.38. The first-order chi connectivity index (χ1) is 10.3. The fraction of sp³-hybridized carbons (Fsp3) is 0.682. The summed E-state index contributed by atoms with van der Waals surface area (Å²) < 4.78 is 0. The van der Waals surface area contributed by atoms with Crippen LogP contribution in [0, 0.1) is 22.2 Å². The average molecular weight is 315 g/mol. The third-order valence-corrected chi connectivity index (χ3v) is 5.99. The molecule has 0 aromatic heterocycles. The lowest BCUT2D eigenvalue weighted by atomic mass is 9.58. The summed E-state index contributed by atoms with van der Waals surface area (Å²) in [6.07, 6.45) is 6.90. The number of hydrogen-bond donors (Lipinski definition) is 0. The van der Waals surface area contributed by atoms with Gasteiger partial charge in [0.2, 0.25) is 0 Å². The first-order valence-corrected chi connectivity index (χ1v) is 8.97. The molecule has 0 radical (unpaired) electrons. The van der Waals surface area contributed by atoms with E-state index in [9.17, 15) is 4.79 Å². The molecule has 0 aromatic carbocycles. The minimum atomic E-state index is -0.112. The Hall–Kier alpha value is -1.11. The fourth-order valence-electron chi connectivity index (χ4n) is 3.95. The summed E-state index contributed by atoms with van der Waals surface area (Å²) in [6.45, 7) is 19.8. The quantitative estimate of drug-likeness (QED) is 0.482. The minimum Gasteiger partial charge on any atom is -0.289 e. The van der Waals surface area contributed by atoms with E-state index in [-0.39, 0.29) is 22.0 Å². The van der Waals surface area contributed by atoms with Crippen LogP contribution in [0.25, 0.3) is 0 Å². The number of allylic oxidation sites excluding steroid dienone is 6. The van der Waals surface area contributed by atoms with Crippen LogP contribution in [0.3, 0.4) is 0 Å². The van der Waals surface area contributed by atoms with E-state index in [4.69, 9.17) is 0 Å². The molecule has 0 aromatic rings. The molecule has 2 rings (SSSR count). The molecule has 0 bridgehead atoms. The van der Waals surface area contributed by atoms with Crippen molar-refractivity contribution in [3.05, 3.63) is 34.4 Å². The standard InChI is InChI=1S/C22H34O/c1-14-10-11-22(16(3)15(14)2)12-17(20(4,5)6)19(23)18(13-22)21(7,8)9/h12-13,16H,10-11H2,1-9H3. The van der Waals surface area contributed by atoms with E-state index < -0.39 is 0 Å². The maximum absolute atomic E-state index is 13.1. The van der Waals surface area contributed by atoms with Crippen molar-refractivity contribution < 1.29 is 4.79 Å². The van der Waals surface area contributed by atoms with Crippen LogP contribution in [0.5, 0.6) is 0 Å². The van der Waals surface area contributed by atoms with Crippen molar-refractivity contribution in [1.82, 2.24) is 0 Å². The molecular formula is C22H34O. The molecule has 1 nitrogen and oxygen atoms in total. The van der Waals surface area contributed by atoms with Crippen LogP contribution in [0.2, 0.25) is 0 Å². The van der Waals surface area contributed by atoms with E-state index in [1.807, 2.05) is 0 Å². The van der Waals surface area contributed by atoms with E-state index in [1.165, 1.54) is 11.1 Å². The molecule has 0 saturated carbocycles. The van der Waals surface area contributed by atoms with Gasteiger partial charge in [0.25, 0.3) is 0 Å². The van der Waals surface area contributed by atoms with Gasteiger partial charge in [-0.1, -0.05) is 71.8 Å². The molecular weight excluding hydrogens is 280 g/mol. The van der Waals surface area contributed by atoms with Gasteiger partial charge in [0.1, 0.15) is 0 Å². The second-order valence-electron chi connectivity index (χ2n) is 9.74. The molecule has 0 N–H and O–H groups in total. The van der Waals surface area contributed by atoms with Gasteiger partial charge in [0, 0.05) is 16.6 Å². The molecule has 1 spiro atoms. The van der Waals surface area contributed by atoms with Crippen LogP contribution in [-0.2, 0) is 4.79 Å². The molecule has 1 unspecified atom stereocenters. The highest BCUT2D eigenvalue weighted by Gasteiger charge is 2.44. The Balaban J connectivity index is 2.69. The van der Waals surface area contributed by atoms with E-state index >= 15 is 0 Å². The molecule has 0 amide bonds. The maximum Gasteiger partial charge on any atom is 0.185 e. The summed E-state index contributed by atoms with van der Waals surface area (Å²) in [5.41, 5.74) is 4.81. The molecule has 1 atom stereocenters. The largest absolute Gasteiger partial charge is 0.289 e. The normalized spacial score (nSPS) is 25.6. The molecule has 2 aliphatic rings. The second-order valence-corrected chi connectivity index (χ2v) is 9.74. The molecule has 2 aliphatic carbocycles. The van der Waals surface area contributed by atoms with E-state index in [0.717, 1.165) is 24.0 Å².